The van der Waals surface area contributed by atoms with Crippen LogP contribution in [0.2, 0.25) is 0 Å². The Morgan fingerprint density at radius 2 is 2.28 bits per heavy atom. The van der Waals surface area contributed by atoms with Gasteiger partial charge in [0, 0.05) is 31.0 Å². The predicted molar refractivity (Wildman–Crippen MR) is 66.3 cm³/mol. The lowest BCUT2D eigenvalue weighted by Crippen LogP contribution is -2.35. The molecule has 98 valence electrons. The molecule has 1 aromatic rings. The predicted octanol–water partition coefficient (Wildman–Crippen LogP) is 0.942. The van der Waals surface area contributed by atoms with Crippen molar-refractivity contribution in [1.29, 1.82) is 0 Å². The number of ether oxygens (including phenoxy) is 1. The van der Waals surface area contributed by atoms with Crippen LogP contribution in [-0.2, 0) is 4.74 Å². The first kappa shape index (κ1) is 13.9. The molecule has 7 heteroatoms. The van der Waals surface area contributed by atoms with Gasteiger partial charge in [-0.15, -0.1) is 0 Å². The lowest BCUT2D eigenvalue weighted by atomic mass is 10.1. The first-order chi connectivity index (χ1) is 8.45. The number of carbonyl (C=O) groups is 1. The van der Waals surface area contributed by atoms with E-state index in [0.29, 0.717) is 6.61 Å². The summed E-state index contributed by atoms with van der Waals surface area (Å²) in [5, 5.41) is 13.3. The molecule has 18 heavy (non-hydrogen) atoms. The lowest BCUT2D eigenvalue weighted by molar-refractivity contribution is -0.384. The first-order valence-electron chi connectivity index (χ1n) is 5.29. The molecule has 7 nitrogen and oxygen atoms in total. The van der Waals surface area contributed by atoms with E-state index in [4.69, 9.17) is 10.5 Å². The molecule has 0 saturated carbocycles. The number of hydrogen-bond acceptors (Lipinski definition) is 5. The SMILES string of the molecule is COC[C@H](C)NC(=O)c1cc([N+](=O)[O-])ccc1N. The van der Waals surface area contributed by atoms with Gasteiger partial charge in [0.05, 0.1) is 17.1 Å². The zero-order valence-corrected chi connectivity index (χ0v) is 10.2. The van der Waals surface area contributed by atoms with E-state index in [1.165, 1.54) is 19.2 Å². The molecule has 1 amide bonds. The monoisotopic (exact) mass is 253 g/mol. The molecule has 0 aliphatic heterocycles. The number of benzene rings is 1. The summed E-state index contributed by atoms with van der Waals surface area (Å²) in [7, 11) is 1.52. The van der Waals surface area contributed by atoms with Gasteiger partial charge < -0.3 is 15.8 Å². The molecule has 0 fully saturated rings. The highest BCUT2D eigenvalue weighted by Gasteiger charge is 2.16. The third kappa shape index (κ3) is 3.42. The number of nitrogen functional groups attached to an aromatic ring is 1. The van der Waals surface area contributed by atoms with Gasteiger partial charge in [0.25, 0.3) is 11.6 Å². The molecule has 0 aliphatic rings. The van der Waals surface area contributed by atoms with Crippen LogP contribution >= 0.6 is 0 Å². The molecular weight excluding hydrogens is 238 g/mol. The Morgan fingerprint density at radius 1 is 1.61 bits per heavy atom. The second-order valence-corrected chi connectivity index (χ2v) is 3.86. The van der Waals surface area contributed by atoms with Crippen LogP contribution in [0.3, 0.4) is 0 Å². The van der Waals surface area contributed by atoms with Gasteiger partial charge in [-0.2, -0.15) is 0 Å². The summed E-state index contributed by atoms with van der Waals surface area (Å²) in [5.41, 5.74) is 5.74. The van der Waals surface area contributed by atoms with E-state index >= 15 is 0 Å². The zero-order chi connectivity index (χ0) is 13.7. The molecule has 0 aromatic heterocycles. The molecular formula is C11H15N3O4. The van der Waals surface area contributed by atoms with Gasteiger partial charge in [0.2, 0.25) is 0 Å². The van der Waals surface area contributed by atoms with Crippen molar-refractivity contribution in [1.82, 2.24) is 5.32 Å². The van der Waals surface area contributed by atoms with E-state index in [9.17, 15) is 14.9 Å². The van der Waals surface area contributed by atoms with Gasteiger partial charge in [-0.05, 0) is 13.0 Å². The van der Waals surface area contributed by atoms with Crippen molar-refractivity contribution in [2.75, 3.05) is 19.5 Å². The van der Waals surface area contributed by atoms with Crippen molar-refractivity contribution in [3.05, 3.63) is 33.9 Å². The largest absolute Gasteiger partial charge is 0.398 e. The molecule has 0 aliphatic carbocycles. The summed E-state index contributed by atoms with van der Waals surface area (Å²) in [6.45, 7) is 2.11. The van der Waals surface area contributed by atoms with E-state index in [-0.39, 0.29) is 23.0 Å². The fourth-order valence-corrected chi connectivity index (χ4v) is 1.45. The van der Waals surface area contributed by atoms with Gasteiger partial charge in [0.15, 0.2) is 0 Å². The summed E-state index contributed by atoms with van der Waals surface area (Å²) < 4.78 is 4.88. The van der Waals surface area contributed by atoms with E-state index in [2.05, 4.69) is 5.32 Å². The summed E-state index contributed by atoms with van der Waals surface area (Å²) in [6, 6.07) is 3.55. The van der Waals surface area contributed by atoms with Gasteiger partial charge in [-0.1, -0.05) is 0 Å². The average Bonchev–Trinajstić information content (AvgIpc) is 2.29. The highest BCUT2D eigenvalue weighted by atomic mass is 16.6. The molecule has 0 heterocycles. The smallest absolute Gasteiger partial charge is 0.270 e. The molecule has 0 spiro atoms. The van der Waals surface area contributed by atoms with Crippen molar-refractivity contribution < 1.29 is 14.5 Å². The van der Waals surface area contributed by atoms with Crippen molar-refractivity contribution in [3.8, 4) is 0 Å². The Bertz CT molecular complexity index is 462. The van der Waals surface area contributed by atoms with Crippen LogP contribution in [0.15, 0.2) is 18.2 Å². The number of nitrogens with zero attached hydrogens (tertiary/aromatic N) is 1. The number of amides is 1. The Morgan fingerprint density at radius 3 is 2.83 bits per heavy atom. The number of hydrogen-bond donors (Lipinski definition) is 2. The third-order valence-corrected chi connectivity index (χ3v) is 2.29. The quantitative estimate of drug-likeness (QED) is 0.461. The number of nitrogens with one attached hydrogen (secondary N) is 1. The summed E-state index contributed by atoms with van der Waals surface area (Å²) in [5.74, 6) is -0.458. The number of rotatable bonds is 5. The number of non-ortho nitro benzene ring substituents is 1. The van der Waals surface area contributed by atoms with E-state index in [0.717, 1.165) is 6.07 Å². The minimum Gasteiger partial charge on any atom is -0.398 e. The zero-order valence-electron chi connectivity index (χ0n) is 10.2. The van der Waals surface area contributed by atoms with Crippen LogP contribution in [-0.4, -0.2) is 30.6 Å². The lowest BCUT2D eigenvalue weighted by Gasteiger charge is -2.13. The van der Waals surface area contributed by atoms with Gasteiger partial charge >= 0.3 is 0 Å². The van der Waals surface area contributed by atoms with E-state index in [1.54, 1.807) is 6.92 Å². The Kier molecular flexibility index (Phi) is 4.61. The van der Waals surface area contributed by atoms with Crippen LogP contribution in [0, 0.1) is 10.1 Å². The van der Waals surface area contributed by atoms with Crippen LogP contribution in [0.25, 0.3) is 0 Å². The van der Waals surface area contributed by atoms with Crippen LogP contribution < -0.4 is 11.1 Å². The number of nitro groups is 1. The van der Waals surface area contributed by atoms with Crippen molar-refractivity contribution >= 4 is 17.3 Å². The third-order valence-electron chi connectivity index (χ3n) is 2.29. The van der Waals surface area contributed by atoms with Crippen molar-refractivity contribution in [3.63, 3.8) is 0 Å². The molecule has 0 radical (unpaired) electrons. The van der Waals surface area contributed by atoms with Gasteiger partial charge in [-0.3, -0.25) is 14.9 Å². The molecule has 0 bridgehead atoms. The van der Waals surface area contributed by atoms with Crippen LogP contribution in [0.4, 0.5) is 11.4 Å². The molecule has 1 rings (SSSR count). The van der Waals surface area contributed by atoms with Crippen molar-refractivity contribution in [2.45, 2.75) is 13.0 Å². The topological polar surface area (TPSA) is 107 Å². The molecule has 3 N–H and O–H groups in total. The van der Waals surface area contributed by atoms with Gasteiger partial charge in [-0.25, -0.2) is 0 Å². The molecule has 1 atom stereocenters. The Labute approximate surface area is 104 Å². The fraction of sp³-hybridized carbons (Fsp3) is 0.364. The van der Waals surface area contributed by atoms with E-state index in [1.807, 2.05) is 0 Å². The van der Waals surface area contributed by atoms with E-state index < -0.39 is 10.8 Å². The maximum Gasteiger partial charge on any atom is 0.270 e. The summed E-state index contributed by atoms with van der Waals surface area (Å²) >= 11 is 0. The molecule has 0 saturated heterocycles. The second-order valence-electron chi connectivity index (χ2n) is 3.86. The van der Waals surface area contributed by atoms with Crippen molar-refractivity contribution in [2.24, 2.45) is 0 Å². The highest BCUT2D eigenvalue weighted by Crippen LogP contribution is 2.19. The number of nitro benzene ring substituents is 1. The number of carbonyl (C=O) groups excluding carboxylic acids is 1. The number of nitrogens with two attached hydrogens (primary N) is 1. The Balaban J connectivity index is 2.91. The van der Waals surface area contributed by atoms with Gasteiger partial charge in [0.1, 0.15) is 0 Å². The maximum atomic E-state index is 11.9. The molecule has 1 aromatic carbocycles. The first-order valence-corrected chi connectivity index (χ1v) is 5.29. The normalized spacial score (nSPS) is 11.9. The Hall–Kier alpha value is -2.15. The second kappa shape index (κ2) is 5.97. The standard InChI is InChI=1S/C11H15N3O4/c1-7(6-18-2)13-11(15)9-5-8(14(16)17)3-4-10(9)12/h3-5,7H,6,12H2,1-2H3,(H,13,15)/t7-/m0/s1. The minimum atomic E-state index is -0.575. The van der Waals surface area contributed by atoms with Crippen LogP contribution in [0.1, 0.15) is 17.3 Å². The van der Waals surface area contributed by atoms with Crippen LogP contribution in [0.5, 0.6) is 0 Å². The summed E-state index contributed by atoms with van der Waals surface area (Å²) in [6.07, 6.45) is 0. The average molecular weight is 253 g/mol. The summed E-state index contributed by atoms with van der Waals surface area (Å²) in [4.78, 5) is 21.9. The fourth-order valence-electron chi connectivity index (χ4n) is 1.45. The maximum absolute atomic E-state index is 11.9. The highest BCUT2D eigenvalue weighted by molar-refractivity contribution is 5.99. The molecule has 0 unspecified atom stereocenters. The number of methoxy groups -OCH3 is 1. The minimum absolute atomic E-state index is 0.0900. The number of anilines is 1.